The van der Waals surface area contributed by atoms with Gasteiger partial charge in [0.05, 0.1) is 0 Å². The molecule has 0 aliphatic heterocycles. The van der Waals surface area contributed by atoms with Crippen molar-refractivity contribution in [1.29, 1.82) is 0 Å². The number of carbonyl (C=O) groups excluding carboxylic acids is 2. The number of aromatic nitrogens is 1. The highest BCUT2D eigenvalue weighted by Gasteiger charge is 2.40. The second-order valence-corrected chi connectivity index (χ2v) is 6.24. The third kappa shape index (κ3) is 3.09. The van der Waals surface area contributed by atoms with Gasteiger partial charge >= 0.3 is 0 Å². The Kier molecular flexibility index (Phi) is 4.37. The van der Waals surface area contributed by atoms with Crippen LogP contribution in [0.2, 0.25) is 0 Å². The van der Waals surface area contributed by atoms with E-state index in [1.807, 2.05) is 31.3 Å². The zero-order valence-electron chi connectivity index (χ0n) is 13.4. The molecule has 0 unspecified atom stereocenters. The largest absolute Gasteiger partial charge is 0.361 e. The molecule has 3 N–H and O–H groups in total. The highest BCUT2D eigenvalue weighted by atomic mass is 16.2. The van der Waals surface area contributed by atoms with Gasteiger partial charge in [0.1, 0.15) is 5.54 Å². The zero-order valence-corrected chi connectivity index (χ0v) is 13.4. The monoisotopic (exact) mass is 313 g/mol. The van der Waals surface area contributed by atoms with E-state index in [0.717, 1.165) is 30.2 Å². The summed E-state index contributed by atoms with van der Waals surface area (Å²) in [6.45, 7) is 2.47. The Morgan fingerprint density at radius 2 is 1.96 bits per heavy atom. The van der Waals surface area contributed by atoms with Crippen molar-refractivity contribution >= 4 is 22.7 Å². The van der Waals surface area contributed by atoms with Crippen molar-refractivity contribution in [3.63, 3.8) is 0 Å². The molecule has 0 spiro atoms. The van der Waals surface area contributed by atoms with Gasteiger partial charge in [0.2, 0.25) is 5.91 Å². The number of amides is 2. The molecule has 0 radical (unpaired) electrons. The summed E-state index contributed by atoms with van der Waals surface area (Å²) in [5.74, 6) is -0.247. The zero-order chi connectivity index (χ0) is 16.3. The molecular weight excluding hydrogens is 290 g/mol. The molecular formula is C18H23N3O2. The molecule has 0 atom stereocenters. The van der Waals surface area contributed by atoms with Crippen molar-refractivity contribution in [2.45, 2.75) is 44.6 Å². The van der Waals surface area contributed by atoms with Gasteiger partial charge in [0, 0.05) is 23.8 Å². The SMILES string of the molecule is CCNC(=O)C1(NC(=O)c2ccc3cc[nH]c3c2)CCCCC1. The highest BCUT2D eigenvalue weighted by Crippen LogP contribution is 2.29. The fourth-order valence-corrected chi connectivity index (χ4v) is 3.37. The summed E-state index contributed by atoms with van der Waals surface area (Å²) in [5, 5.41) is 6.97. The maximum Gasteiger partial charge on any atom is 0.252 e. The maximum atomic E-state index is 12.7. The Morgan fingerprint density at radius 1 is 1.17 bits per heavy atom. The van der Waals surface area contributed by atoms with E-state index in [9.17, 15) is 9.59 Å². The van der Waals surface area contributed by atoms with Gasteiger partial charge < -0.3 is 15.6 Å². The predicted octanol–water partition coefficient (Wildman–Crippen LogP) is 2.74. The van der Waals surface area contributed by atoms with E-state index in [2.05, 4.69) is 15.6 Å². The van der Waals surface area contributed by atoms with E-state index in [4.69, 9.17) is 0 Å². The predicted molar refractivity (Wildman–Crippen MR) is 90.3 cm³/mol. The molecule has 1 saturated carbocycles. The maximum absolute atomic E-state index is 12.7. The van der Waals surface area contributed by atoms with E-state index in [-0.39, 0.29) is 11.8 Å². The molecule has 0 bridgehead atoms. The summed E-state index contributed by atoms with van der Waals surface area (Å²) in [7, 11) is 0. The summed E-state index contributed by atoms with van der Waals surface area (Å²) in [5.41, 5.74) is 0.735. The lowest BCUT2D eigenvalue weighted by atomic mass is 9.80. The first-order valence-electron chi connectivity index (χ1n) is 8.32. The summed E-state index contributed by atoms with van der Waals surface area (Å²) in [6, 6.07) is 7.52. The van der Waals surface area contributed by atoms with Crippen LogP contribution < -0.4 is 10.6 Å². The normalized spacial score (nSPS) is 16.9. The first kappa shape index (κ1) is 15.6. The second kappa shape index (κ2) is 6.44. The average Bonchev–Trinajstić information content (AvgIpc) is 3.03. The molecule has 2 aromatic rings. The Hall–Kier alpha value is -2.30. The molecule has 2 amide bonds. The minimum Gasteiger partial charge on any atom is -0.361 e. The van der Waals surface area contributed by atoms with Gasteiger partial charge in [0.15, 0.2) is 0 Å². The van der Waals surface area contributed by atoms with Crippen molar-refractivity contribution in [3.05, 3.63) is 36.0 Å². The minimum absolute atomic E-state index is 0.0611. The van der Waals surface area contributed by atoms with E-state index >= 15 is 0 Å². The third-order valence-corrected chi connectivity index (χ3v) is 4.65. The lowest BCUT2D eigenvalue weighted by molar-refractivity contribution is -0.128. The van der Waals surface area contributed by atoms with Gasteiger partial charge in [-0.05, 0) is 43.4 Å². The molecule has 1 fully saturated rings. The Labute approximate surface area is 135 Å². The molecule has 23 heavy (non-hydrogen) atoms. The number of benzene rings is 1. The van der Waals surface area contributed by atoms with E-state index < -0.39 is 5.54 Å². The molecule has 3 rings (SSSR count). The molecule has 1 aromatic carbocycles. The van der Waals surface area contributed by atoms with Crippen LogP contribution in [0, 0.1) is 0 Å². The quantitative estimate of drug-likeness (QED) is 0.812. The number of aromatic amines is 1. The third-order valence-electron chi connectivity index (χ3n) is 4.65. The first-order valence-corrected chi connectivity index (χ1v) is 8.32. The van der Waals surface area contributed by atoms with Crippen molar-refractivity contribution in [3.8, 4) is 0 Å². The fourth-order valence-electron chi connectivity index (χ4n) is 3.37. The van der Waals surface area contributed by atoms with E-state index in [0.29, 0.717) is 24.9 Å². The molecule has 5 heteroatoms. The van der Waals surface area contributed by atoms with E-state index in [1.54, 1.807) is 6.07 Å². The van der Waals surface area contributed by atoms with Crippen molar-refractivity contribution in [2.24, 2.45) is 0 Å². The van der Waals surface area contributed by atoms with Crippen LogP contribution in [0.3, 0.4) is 0 Å². The van der Waals surface area contributed by atoms with Gasteiger partial charge in [-0.1, -0.05) is 25.3 Å². The topological polar surface area (TPSA) is 74.0 Å². The number of hydrogen-bond acceptors (Lipinski definition) is 2. The minimum atomic E-state index is -0.768. The van der Waals surface area contributed by atoms with Gasteiger partial charge in [-0.2, -0.15) is 0 Å². The summed E-state index contributed by atoms with van der Waals surface area (Å²) >= 11 is 0. The number of nitrogens with one attached hydrogen (secondary N) is 3. The van der Waals surface area contributed by atoms with Crippen LogP contribution in [0.4, 0.5) is 0 Å². The van der Waals surface area contributed by atoms with Crippen LogP contribution in [-0.4, -0.2) is 28.9 Å². The highest BCUT2D eigenvalue weighted by molar-refractivity contribution is 6.01. The molecule has 1 heterocycles. The lowest BCUT2D eigenvalue weighted by Crippen LogP contribution is -2.59. The second-order valence-electron chi connectivity index (χ2n) is 6.24. The summed E-state index contributed by atoms with van der Waals surface area (Å²) < 4.78 is 0. The molecule has 1 aromatic heterocycles. The van der Waals surface area contributed by atoms with Gasteiger partial charge in [0.25, 0.3) is 5.91 Å². The number of carbonyl (C=O) groups is 2. The summed E-state index contributed by atoms with van der Waals surface area (Å²) in [6.07, 6.45) is 6.31. The number of H-pyrrole nitrogens is 1. The Morgan fingerprint density at radius 3 is 2.70 bits per heavy atom. The van der Waals surface area contributed by atoms with Crippen LogP contribution in [0.15, 0.2) is 30.5 Å². The standard InChI is InChI=1S/C18H23N3O2/c1-2-19-17(23)18(9-4-3-5-10-18)21-16(22)14-7-6-13-8-11-20-15(13)12-14/h6-8,11-12,20H,2-5,9-10H2,1H3,(H,19,23)(H,21,22). The molecule has 1 aliphatic carbocycles. The molecule has 5 nitrogen and oxygen atoms in total. The molecule has 1 aliphatic rings. The van der Waals surface area contributed by atoms with Gasteiger partial charge in [-0.25, -0.2) is 0 Å². The van der Waals surface area contributed by atoms with Crippen molar-refractivity contribution in [1.82, 2.24) is 15.6 Å². The Balaban J connectivity index is 1.83. The van der Waals surface area contributed by atoms with Crippen molar-refractivity contribution < 1.29 is 9.59 Å². The number of likely N-dealkylation sites (N-methyl/N-ethyl adjacent to an activating group) is 1. The van der Waals surface area contributed by atoms with Crippen molar-refractivity contribution in [2.75, 3.05) is 6.54 Å². The van der Waals surface area contributed by atoms with Crippen LogP contribution in [0.5, 0.6) is 0 Å². The van der Waals surface area contributed by atoms with Gasteiger partial charge in [-0.3, -0.25) is 9.59 Å². The average molecular weight is 313 g/mol. The van der Waals surface area contributed by atoms with Crippen LogP contribution in [-0.2, 0) is 4.79 Å². The molecule has 0 saturated heterocycles. The lowest BCUT2D eigenvalue weighted by Gasteiger charge is -2.36. The number of fused-ring (bicyclic) bond motifs is 1. The first-order chi connectivity index (χ1) is 11.1. The Bertz CT molecular complexity index is 714. The number of rotatable bonds is 4. The van der Waals surface area contributed by atoms with Crippen LogP contribution >= 0.6 is 0 Å². The summed E-state index contributed by atoms with van der Waals surface area (Å²) in [4.78, 5) is 28.3. The van der Waals surface area contributed by atoms with Crippen LogP contribution in [0.1, 0.15) is 49.4 Å². The fraction of sp³-hybridized carbons (Fsp3) is 0.444. The van der Waals surface area contributed by atoms with Gasteiger partial charge in [-0.15, -0.1) is 0 Å². The molecule has 122 valence electrons. The van der Waals surface area contributed by atoms with Crippen LogP contribution in [0.25, 0.3) is 10.9 Å². The smallest absolute Gasteiger partial charge is 0.252 e. The van der Waals surface area contributed by atoms with E-state index in [1.165, 1.54) is 0 Å². The number of hydrogen-bond donors (Lipinski definition) is 3.